The summed E-state index contributed by atoms with van der Waals surface area (Å²) in [5.74, 6) is -0.651. The van der Waals surface area contributed by atoms with Crippen LogP contribution in [0.25, 0.3) is 6.08 Å². The molecule has 1 aromatic heterocycles. The Bertz CT molecular complexity index is 1010. The fraction of sp³-hybridized carbons (Fsp3) is 0.571. The van der Waals surface area contributed by atoms with E-state index < -0.39 is 22.0 Å². The van der Waals surface area contributed by atoms with Gasteiger partial charge in [-0.25, -0.2) is 8.42 Å². The van der Waals surface area contributed by atoms with Crippen molar-refractivity contribution in [3.63, 3.8) is 0 Å². The van der Waals surface area contributed by atoms with Crippen LogP contribution in [0.1, 0.15) is 43.9 Å². The van der Waals surface area contributed by atoms with Gasteiger partial charge in [-0.3, -0.25) is 14.4 Å². The Morgan fingerprint density at radius 3 is 2.70 bits per heavy atom. The second-order valence-electron chi connectivity index (χ2n) is 8.10. The van der Waals surface area contributed by atoms with E-state index >= 15 is 0 Å². The fourth-order valence-electron chi connectivity index (χ4n) is 4.01. The summed E-state index contributed by atoms with van der Waals surface area (Å²) in [6, 6.07) is 2.38. The number of nitrogens with one attached hydrogen (secondary N) is 2. The number of hydrogen-bond donors (Lipinski definition) is 2. The molecule has 12 heteroatoms. The van der Waals surface area contributed by atoms with Crippen molar-refractivity contribution in [1.29, 1.82) is 0 Å². The Labute approximate surface area is 203 Å². The number of piperidine rings is 1. The van der Waals surface area contributed by atoms with Crippen LogP contribution < -0.4 is 10.0 Å². The molecule has 0 bridgehead atoms. The molecule has 1 aromatic rings. The highest BCUT2D eigenvalue weighted by Crippen LogP contribution is 2.23. The highest BCUT2D eigenvalue weighted by atomic mass is 35.5. The molecule has 0 aliphatic carbocycles. The molecule has 2 fully saturated rings. The summed E-state index contributed by atoms with van der Waals surface area (Å²) in [7, 11) is -3.85. The lowest BCUT2D eigenvalue weighted by Gasteiger charge is -2.34. The molecule has 0 aromatic carbocycles. The lowest BCUT2D eigenvalue weighted by Crippen LogP contribution is -2.55. The molecule has 3 heterocycles. The number of sulfonamides is 1. The number of thiophene rings is 1. The molecular formula is C21H29ClN4O5S2. The van der Waals surface area contributed by atoms with Gasteiger partial charge in [-0.2, -0.15) is 4.72 Å². The van der Waals surface area contributed by atoms with E-state index in [0.29, 0.717) is 48.1 Å². The Kier molecular flexibility index (Phi) is 8.91. The van der Waals surface area contributed by atoms with Gasteiger partial charge >= 0.3 is 0 Å². The summed E-state index contributed by atoms with van der Waals surface area (Å²) in [6.07, 6.45) is 4.42. The Morgan fingerprint density at radius 1 is 1.24 bits per heavy atom. The molecule has 0 radical (unpaired) electrons. The average molecular weight is 517 g/mol. The molecule has 3 amide bonds. The topological polar surface area (TPSA) is 116 Å². The SMILES string of the molecule is CCC(=O)NCC1CCCN1C(=O)CN1CCCC(NS(=O)(=O)/C=C/c2ccc(Cl)s2)C1=O. The highest BCUT2D eigenvalue weighted by Gasteiger charge is 2.35. The van der Waals surface area contributed by atoms with Crippen LogP contribution in [0.4, 0.5) is 0 Å². The first kappa shape index (κ1) is 25.7. The standard InChI is InChI=1S/C21H29ClN4O5S2/c1-2-19(27)23-13-15-5-3-11-26(15)20(28)14-25-10-4-6-17(21(25)29)24-33(30,31)12-9-16-7-8-18(22)32-16/h7-9,12,15,17,24H,2-6,10-11,13-14H2,1H3,(H,23,27)/b12-9+. The minimum atomic E-state index is -3.85. The quantitative estimate of drug-likeness (QED) is 0.519. The maximum atomic E-state index is 12.9. The normalized spacial score (nSPS) is 21.7. The summed E-state index contributed by atoms with van der Waals surface area (Å²) in [5.41, 5.74) is 0. The van der Waals surface area contributed by atoms with Crippen LogP contribution in [-0.2, 0) is 24.4 Å². The molecular weight excluding hydrogens is 488 g/mol. The number of carbonyl (C=O) groups is 3. The van der Waals surface area contributed by atoms with Crippen molar-refractivity contribution in [2.45, 2.75) is 51.1 Å². The van der Waals surface area contributed by atoms with Crippen LogP contribution in [0.5, 0.6) is 0 Å². The maximum absolute atomic E-state index is 12.9. The van der Waals surface area contributed by atoms with E-state index in [4.69, 9.17) is 11.6 Å². The molecule has 0 saturated carbocycles. The fourth-order valence-corrected chi connectivity index (χ4v) is 6.08. The number of halogens is 1. The van der Waals surface area contributed by atoms with Gasteiger partial charge in [0.25, 0.3) is 0 Å². The number of carbonyl (C=O) groups excluding carboxylic acids is 3. The van der Waals surface area contributed by atoms with Gasteiger partial charge < -0.3 is 15.1 Å². The van der Waals surface area contributed by atoms with Crippen molar-refractivity contribution in [3.05, 3.63) is 26.8 Å². The van der Waals surface area contributed by atoms with Crippen molar-refractivity contribution < 1.29 is 22.8 Å². The minimum Gasteiger partial charge on any atom is -0.354 e. The average Bonchev–Trinajstić information content (AvgIpc) is 3.42. The van der Waals surface area contributed by atoms with Gasteiger partial charge in [0.2, 0.25) is 27.7 Å². The van der Waals surface area contributed by atoms with E-state index in [2.05, 4.69) is 10.0 Å². The molecule has 0 spiro atoms. The van der Waals surface area contributed by atoms with Crippen molar-refractivity contribution in [3.8, 4) is 0 Å². The third kappa shape index (κ3) is 7.26. The zero-order valence-electron chi connectivity index (χ0n) is 18.5. The van der Waals surface area contributed by atoms with E-state index in [1.165, 1.54) is 22.3 Å². The van der Waals surface area contributed by atoms with Gasteiger partial charge in [-0.05, 0) is 43.9 Å². The Balaban J connectivity index is 1.56. The second-order valence-corrected chi connectivity index (χ2v) is 11.4. The molecule has 3 rings (SSSR count). The largest absolute Gasteiger partial charge is 0.354 e. The molecule has 9 nitrogen and oxygen atoms in total. The third-order valence-electron chi connectivity index (χ3n) is 5.72. The zero-order chi connectivity index (χ0) is 24.0. The van der Waals surface area contributed by atoms with Crippen molar-refractivity contribution >= 4 is 56.8 Å². The lowest BCUT2D eigenvalue weighted by atomic mass is 10.1. The van der Waals surface area contributed by atoms with Crippen LogP contribution >= 0.6 is 22.9 Å². The van der Waals surface area contributed by atoms with Crippen molar-refractivity contribution in [1.82, 2.24) is 19.8 Å². The van der Waals surface area contributed by atoms with E-state index in [0.717, 1.165) is 18.2 Å². The molecule has 33 heavy (non-hydrogen) atoms. The van der Waals surface area contributed by atoms with E-state index in [1.807, 2.05) is 0 Å². The van der Waals surface area contributed by atoms with Gasteiger partial charge in [0.15, 0.2) is 0 Å². The third-order valence-corrected chi connectivity index (χ3v) is 8.03. The lowest BCUT2D eigenvalue weighted by molar-refractivity contribution is -0.143. The Morgan fingerprint density at radius 2 is 2.00 bits per heavy atom. The number of amides is 3. The molecule has 2 aliphatic rings. The van der Waals surface area contributed by atoms with Gasteiger partial charge in [-0.15, -0.1) is 11.3 Å². The van der Waals surface area contributed by atoms with Gasteiger partial charge in [0.05, 0.1) is 10.9 Å². The summed E-state index contributed by atoms with van der Waals surface area (Å²) in [5, 5.41) is 3.85. The van der Waals surface area contributed by atoms with E-state index in [1.54, 1.807) is 24.0 Å². The van der Waals surface area contributed by atoms with Gasteiger partial charge in [-0.1, -0.05) is 18.5 Å². The summed E-state index contributed by atoms with van der Waals surface area (Å²) in [6.45, 7) is 3.06. The highest BCUT2D eigenvalue weighted by molar-refractivity contribution is 7.92. The van der Waals surface area contributed by atoms with Gasteiger partial charge in [0, 0.05) is 42.4 Å². The smallest absolute Gasteiger partial charge is 0.242 e. The Hall–Kier alpha value is -1.95. The van der Waals surface area contributed by atoms with Crippen LogP contribution in [0, 0.1) is 0 Å². The number of likely N-dealkylation sites (tertiary alicyclic amines) is 2. The molecule has 2 atom stereocenters. The first-order chi connectivity index (χ1) is 15.7. The van der Waals surface area contributed by atoms with E-state index in [9.17, 15) is 22.8 Å². The molecule has 2 saturated heterocycles. The zero-order valence-corrected chi connectivity index (χ0v) is 20.8. The molecule has 2 N–H and O–H groups in total. The van der Waals surface area contributed by atoms with Crippen LogP contribution in [-0.4, -0.2) is 74.2 Å². The first-order valence-corrected chi connectivity index (χ1v) is 13.7. The number of hydrogen-bond acceptors (Lipinski definition) is 6. The van der Waals surface area contributed by atoms with Crippen LogP contribution in [0.15, 0.2) is 17.5 Å². The second kappa shape index (κ2) is 11.5. The predicted octanol–water partition coefficient (Wildman–Crippen LogP) is 1.80. The maximum Gasteiger partial charge on any atom is 0.242 e. The summed E-state index contributed by atoms with van der Waals surface area (Å²) >= 11 is 7.10. The van der Waals surface area contributed by atoms with Gasteiger partial charge in [0.1, 0.15) is 6.04 Å². The van der Waals surface area contributed by atoms with Crippen molar-refractivity contribution in [2.75, 3.05) is 26.2 Å². The summed E-state index contributed by atoms with van der Waals surface area (Å²) in [4.78, 5) is 41.2. The molecule has 2 aliphatic heterocycles. The monoisotopic (exact) mass is 516 g/mol. The molecule has 2 unspecified atom stereocenters. The van der Waals surface area contributed by atoms with Crippen LogP contribution in [0.3, 0.4) is 0 Å². The van der Waals surface area contributed by atoms with Crippen molar-refractivity contribution in [2.24, 2.45) is 0 Å². The number of nitrogens with zero attached hydrogens (tertiary/aromatic N) is 2. The first-order valence-electron chi connectivity index (χ1n) is 11.0. The van der Waals surface area contributed by atoms with Crippen LogP contribution in [0.2, 0.25) is 4.34 Å². The molecule has 182 valence electrons. The van der Waals surface area contributed by atoms with E-state index in [-0.39, 0.29) is 24.4 Å². The number of rotatable bonds is 9. The predicted molar refractivity (Wildman–Crippen MR) is 128 cm³/mol. The minimum absolute atomic E-state index is 0.0631. The summed E-state index contributed by atoms with van der Waals surface area (Å²) < 4.78 is 27.9.